The van der Waals surface area contributed by atoms with E-state index in [2.05, 4.69) is 15.4 Å². The van der Waals surface area contributed by atoms with Crippen molar-refractivity contribution in [1.82, 2.24) is 19.7 Å². The van der Waals surface area contributed by atoms with Gasteiger partial charge in [0, 0.05) is 57.4 Å². The molecule has 1 aliphatic rings. The van der Waals surface area contributed by atoms with E-state index in [9.17, 15) is 9.59 Å². The normalized spacial score (nSPS) is 15.7. The minimum Gasteiger partial charge on any atom is -0.488 e. The molecular weight excluding hydrogens is 454 g/mol. The van der Waals surface area contributed by atoms with Crippen LogP contribution in [-0.2, 0) is 11.8 Å². The number of nitrogens with zero attached hydrogens (tertiary/aromatic N) is 4. The molecule has 4 rings (SSSR count). The molecule has 2 atom stereocenters. The smallest absolute Gasteiger partial charge is 0.261 e. The Morgan fingerprint density at radius 2 is 2.00 bits per heavy atom. The number of pyridine rings is 1. The average molecular weight is 482 g/mol. The number of anilines is 1. The summed E-state index contributed by atoms with van der Waals surface area (Å²) in [7, 11) is 5.00. The molecule has 2 amide bonds. The molecule has 3 heterocycles. The van der Waals surface area contributed by atoms with Crippen molar-refractivity contribution in [1.29, 1.82) is 0 Å². The minimum absolute atomic E-state index is 0.186. The first-order valence-corrected chi connectivity index (χ1v) is 11.0. The second kappa shape index (κ2) is 10.0. The molecule has 11 heteroatoms. The Hall–Kier alpha value is -4.12. The van der Waals surface area contributed by atoms with E-state index in [1.54, 1.807) is 69.3 Å². The fourth-order valence-corrected chi connectivity index (χ4v) is 3.47. The van der Waals surface area contributed by atoms with Crippen molar-refractivity contribution in [3.05, 3.63) is 53.9 Å². The largest absolute Gasteiger partial charge is 0.488 e. The molecule has 2 aromatic heterocycles. The Bertz CT molecular complexity index is 1240. The van der Waals surface area contributed by atoms with Gasteiger partial charge in [-0.2, -0.15) is 5.10 Å². The van der Waals surface area contributed by atoms with Gasteiger partial charge in [0.15, 0.2) is 12.0 Å². The summed E-state index contributed by atoms with van der Waals surface area (Å²) in [6.45, 7) is 3.99. The molecule has 0 bridgehead atoms. The zero-order valence-electron chi connectivity index (χ0n) is 20.1. The third-order valence-corrected chi connectivity index (χ3v) is 5.29. The molecule has 0 spiro atoms. The lowest BCUT2D eigenvalue weighted by Crippen LogP contribution is -2.42. The van der Waals surface area contributed by atoms with Crippen LogP contribution in [0.4, 0.5) is 5.82 Å². The maximum absolute atomic E-state index is 12.9. The standard InChI is InChI=1S/C24H27N5O6/c1-14(13-32-5)33-17-8-16(23(30)26-21-6-7-28(3)27-21)9-18(10-17)35-22-11-20-19(12-25-22)24(31)29(4)15(2)34-20/h6-12,14-15H,13H2,1-5H3,(H,26,27,30)/t14-,15?/m0/s1. The molecule has 1 N–H and O–H groups in total. The predicted octanol–water partition coefficient (Wildman–Crippen LogP) is 3.08. The average Bonchev–Trinajstić information content (AvgIpc) is 3.21. The first-order valence-electron chi connectivity index (χ1n) is 11.0. The number of fused-ring (bicyclic) bond motifs is 1. The van der Waals surface area contributed by atoms with E-state index in [1.807, 2.05) is 6.92 Å². The highest BCUT2D eigenvalue weighted by atomic mass is 16.5. The Morgan fingerprint density at radius 1 is 1.23 bits per heavy atom. The quantitative estimate of drug-likeness (QED) is 0.522. The van der Waals surface area contributed by atoms with Crippen LogP contribution in [0.5, 0.6) is 23.1 Å². The van der Waals surface area contributed by atoms with E-state index in [4.69, 9.17) is 18.9 Å². The van der Waals surface area contributed by atoms with Gasteiger partial charge in [0.1, 0.15) is 28.9 Å². The van der Waals surface area contributed by atoms with Crippen molar-refractivity contribution in [3.8, 4) is 23.1 Å². The first kappa shape index (κ1) is 24.0. The van der Waals surface area contributed by atoms with Crippen molar-refractivity contribution in [2.45, 2.75) is 26.2 Å². The van der Waals surface area contributed by atoms with Gasteiger partial charge in [-0.1, -0.05) is 0 Å². The fourth-order valence-electron chi connectivity index (χ4n) is 3.47. The number of carbonyl (C=O) groups excluding carboxylic acids is 2. The second-order valence-electron chi connectivity index (χ2n) is 8.16. The van der Waals surface area contributed by atoms with Crippen LogP contribution in [-0.4, -0.2) is 64.6 Å². The van der Waals surface area contributed by atoms with Gasteiger partial charge in [-0.05, 0) is 26.0 Å². The number of ether oxygens (including phenoxy) is 4. The van der Waals surface area contributed by atoms with Crippen LogP contribution in [0.15, 0.2) is 42.7 Å². The predicted molar refractivity (Wildman–Crippen MR) is 126 cm³/mol. The molecule has 35 heavy (non-hydrogen) atoms. The van der Waals surface area contributed by atoms with Gasteiger partial charge in [-0.25, -0.2) is 4.98 Å². The second-order valence-corrected chi connectivity index (χ2v) is 8.16. The Balaban J connectivity index is 1.62. The van der Waals surface area contributed by atoms with Crippen molar-refractivity contribution in [2.75, 3.05) is 26.1 Å². The summed E-state index contributed by atoms with van der Waals surface area (Å²) in [6, 6.07) is 8.05. The van der Waals surface area contributed by atoms with E-state index in [-0.39, 0.29) is 23.8 Å². The third kappa shape index (κ3) is 5.52. The molecule has 0 radical (unpaired) electrons. The van der Waals surface area contributed by atoms with E-state index in [0.717, 1.165) is 0 Å². The monoisotopic (exact) mass is 481 g/mol. The van der Waals surface area contributed by atoms with Crippen LogP contribution in [0.1, 0.15) is 34.6 Å². The Labute approximate surface area is 202 Å². The van der Waals surface area contributed by atoms with Gasteiger partial charge in [-0.15, -0.1) is 0 Å². The molecule has 1 aliphatic heterocycles. The molecule has 0 saturated carbocycles. The summed E-state index contributed by atoms with van der Waals surface area (Å²) in [5, 5.41) is 6.92. The van der Waals surface area contributed by atoms with Gasteiger partial charge >= 0.3 is 0 Å². The number of rotatable bonds is 8. The van der Waals surface area contributed by atoms with E-state index >= 15 is 0 Å². The molecule has 1 unspecified atom stereocenters. The number of hydrogen-bond donors (Lipinski definition) is 1. The summed E-state index contributed by atoms with van der Waals surface area (Å²) in [5.74, 6) is 1.15. The summed E-state index contributed by atoms with van der Waals surface area (Å²) >= 11 is 0. The molecule has 11 nitrogen and oxygen atoms in total. The van der Waals surface area contributed by atoms with Gasteiger partial charge in [0.05, 0.1) is 6.61 Å². The number of aryl methyl sites for hydroxylation is 1. The molecule has 184 valence electrons. The van der Waals surface area contributed by atoms with Crippen molar-refractivity contribution >= 4 is 17.6 Å². The maximum atomic E-state index is 12.9. The lowest BCUT2D eigenvalue weighted by atomic mass is 10.1. The number of hydrogen-bond acceptors (Lipinski definition) is 8. The van der Waals surface area contributed by atoms with Crippen LogP contribution in [0.3, 0.4) is 0 Å². The number of carbonyl (C=O) groups is 2. The zero-order valence-corrected chi connectivity index (χ0v) is 20.1. The summed E-state index contributed by atoms with van der Waals surface area (Å²) < 4.78 is 24.4. The van der Waals surface area contributed by atoms with Crippen LogP contribution in [0, 0.1) is 0 Å². The van der Waals surface area contributed by atoms with Crippen molar-refractivity contribution in [2.24, 2.45) is 7.05 Å². The zero-order chi connectivity index (χ0) is 25.1. The van der Waals surface area contributed by atoms with Crippen LogP contribution in [0.2, 0.25) is 0 Å². The van der Waals surface area contributed by atoms with Crippen molar-refractivity contribution < 1.29 is 28.5 Å². The Morgan fingerprint density at radius 3 is 2.71 bits per heavy atom. The SMILES string of the molecule is COC[C@H](C)Oc1cc(Oc2cc3c(cn2)C(=O)N(C)C(C)O3)cc(C(=O)Nc2ccn(C)n2)c1. The van der Waals surface area contributed by atoms with E-state index in [0.29, 0.717) is 40.8 Å². The molecule has 0 aliphatic carbocycles. The lowest BCUT2D eigenvalue weighted by molar-refractivity contribution is 0.0291. The summed E-state index contributed by atoms with van der Waals surface area (Å²) in [4.78, 5) is 31.1. The van der Waals surface area contributed by atoms with Gasteiger partial charge in [0.25, 0.3) is 11.8 Å². The molecule has 3 aromatic rings. The highest BCUT2D eigenvalue weighted by molar-refractivity contribution is 6.04. The molecule has 0 saturated heterocycles. The van der Waals surface area contributed by atoms with E-state index in [1.165, 1.54) is 11.1 Å². The first-order chi connectivity index (χ1) is 16.7. The highest BCUT2D eigenvalue weighted by Gasteiger charge is 2.29. The fraction of sp³-hybridized carbons (Fsp3) is 0.333. The van der Waals surface area contributed by atoms with E-state index < -0.39 is 6.23 Å². The van der Waals surface area contributed by atoms with Gasteiger partial charge in [-0.3, -0.25) is 14.3 Å². The highest BCUT2D eigenvalue weighted by Crippen LogP contribution is 2.33. The van der Waals surface area contributed by atoms with Crippen LogP contribution in [0.25, 0.3) is 0 Å². The number of benzene rings is 1. The van der Waals surface area contributed by atoms with Crippen LogP contribution < -0.4 is 19.5 Å². The topological polar surface area (TPSA) is 117 Å². The number of amides is 2. The third-order valence-electron chi connectivity index (χ3n) is 5.29. The number of nitrogens with one attached hydrogen (secondary N) is 1. The van der Waals surface area contributed by atoms with Gasteiger partial charge < -0.3 is 29.2 Å². The Kier molecular flexibility index (Phi) is 6.87. The lowest BCUT2D eigenvalue weighted by Gasteiger charge is -2.31. The van der Waals surface area contributed by atoms with Gasteiger partial charge in [0.2, 0.25) is 5.88 Å². The molecular formula is C24H27N5O6. The summed E-state index contributed by atoms with van der Waals surface area (Å²) in [6.07, 6.45) is 2.45. The van der Waals surface area contributed by atoms with Crippen molar-refractivity contribution in [3.63, 3.8) is 0 Å². The molecule has 1 aromatic carbocycles. The number of aromatic nitrogens is 3. The van der Waals surface area contributed by atoms with Crippen LogP contribution >= 0.6 is 0 Å². The maximum Gasteiger partial charge on any atom is 0.261 e. The minimum atomic E-state index is -0.425. The molecule has 0 fully saturated rings. The number of methoxy groups -OCH3 is 1. The summed E-state index contributed by atoms with van der Waals surface area (Å²) in [5.41, 5.74) is 0.645.